The fraction of sp³-hybridized carbons (Fsp3) is 0.727. The van der Waals surface area contributed by atoms with Crippen molar-refractivity contribution in [3.8, 4) is 0 Å². The Labute approximate surface area is 162 Å². The molecule has 1 N–H and O–H groups in total. The molecule has 0 aliphatic carbocycles. The number of hydrogen-bond acceptors (Lipinski definition) is 2. The lowest BCUT2D eigenvalue weighted by molar-refractivity contribution is 0.533. The van der Waals surface area contributed by atoms with Gasteiger partial charge >= 0.3 is 0 Å². The molecule has 26 heavy (non-hydrogen) atoms. The number of rotatable bonds is 17. The van der Waals surface area contributed by atoms with Gasteiger partial charge in [0.25, 0.3) is 0 Å². The minimum absolute atomic E-state index is 0.352. The zero-order valence-electron chi connectivity index (χ0n) is 16.7. The Balaban J connectivity index is 1.87. The Morgan fingerprint density at radius 3 is 1.54 bits per heavy atom. The largest absolute Gasteiger partial charge is 0.240 e. The zero-order valence-corrected chi connectivity index (χ0v) is 17.5. The van der Waals surface area contributed by atoms with Crippen LogP contribution in [0.3, 0.4) is 0 Å². The Hall–Kier alpha value is -0.870. The highest BCUT2D eigenvalue weighted by molar-refractivity contribution is 7.89. The van der Waals surface area contributed by atoms with Crippen molar-refractivity contribution in [2.75, 3.05) is 6.54 Å². The van der Waals surface area contributed by atoms with E-state index < -0.39 is 10.0 Å². The third-order valence-corrected chi connectivity index (χ3v) is 6.35. The van der Waals surface area contributed by atoms with E-state index in [4.69, 9.17) is 0 Å². The molecule has 0 fully saturated rings. The van der Waals surface area contributed by atoms with Gasteiger partial charge in [-0.15, -0.1) is 0 Å². The van der Waals surface area contributed by atoms with Gasteiger partial charge in [0.15, 0.2) is 0 Å². The summed E-state index contributed by atoms with van der Waals surface area (Å²) >= 11 is 0. The van der Waals surface area contributed by atoms with Gasteiger partial charge < -0.3 is 0 Å². The van der Waals surface area contributed by atoms with Crippen molar-refractivity contribution in [1.29, 1.82) is 0 Å². The molecular weight excluding hydrogens is 342 g/mol. The van der Waals surface area contributed by atoms with Gasteiger partial charge in [-0.3, -0.25) is 0 Å². The van der Waals surface area contributed by atoms with E-state index in [0.29, 0.717) is 11.4 Å². The van der Waals surface area contributed by atoms with Gasteiger partial charge in [0, 0.05) is 6.54 Å². The molecule has 1 aromatic rings. The molecule has 0 bridgehead atoms. The fourth-order valence-corrected chi connectivity index (χ4v) is 4.30. The Kier molecular flexibility index (Phi) is 13.6. The standard InChI is InChI=1S/C22H39NO2S/c1-2-3-4-5-6-7-8-9-10-11-12-13-14-18-21-23-26(24,25)22-19-16-15-17-20-22/h15-17,19-20,23H,2-14,18,21H2,1H3. The fourth-order valence-electron chi connectivity index (χ4n) is 3.21. The number of sulfonamides is 1. The van der Waals surface area contributed by atoms with E-state index >= 15 is 0 Å². The second-order valence-electron chi connectivity index (χ2n) is 7.31. The summed E-state index contributed by atoms with van der Waals surface area (Å²) in [7, 11) is -3.33. The average Bonchev–Trinajstić information content (AvgIpc) is 2.65. The number of nitrogens with one attached hydrogen (secondary N) is 1. The van der Waals surface area contributed by atoms with Crippen LogP contribution in [0, 0.1) is 0 Å². The predicted molar refractivity (Wildman–Crippen MR) is 112 cm³/mol. The first-order valence-electron chi connectivity index (χ1n) is 10.7. The van der Waals surface area contributed by atoms with Crippen molar-refractivity contribution in [3.05, 3.63) is 30.3 Å². The molecule has 1 aromatic carbocycles. The molecule has 0 heterocycles. The van der Waals surface area contributed by atoms with Crippen molar-refractivity contribution in [2.24, 2.45) is 0 Å². The highest BCUT2D eigenvalue weighted by Crippen LogP contribution is 2.13. The quantitative estimate of drug-likeness (QED) is 0.315. The summed E-state index contributed by atoms with van der Waals surface area (Å²) < 4.78 is 26.8. The van der Waals surface area contributed by atoms with Gasteiger partial charge in [-0.2, -0.15) is 0 Å². The maximum Gasteiger partial charge on any atom is 0.240 e. The molecule has 0 radical (unpaired) electrons. The van der Waals surface area contributed by atoms with Crippen LogP contribution in [0.1, 0.15) is 96.8 Å². The maximum atomic E-state index is 12.1. The summed E-state index contributed by atoms with van der Waals surface area (Å²) in [6.45, 7) is 2.80. The van der Waals surface area contributed by atoms with Crippen LogP contribution < -0.4 is 4.72 Å². The first-order chi connectivity index (χ1) is 12.7. The van der Waals surface area contributed by atoms with Crippen LogP contribution in [-0.4, -0.2) is 15.0 Å². The summed E-state index contributed by atoms with van der Waals surface area (Å²) in [6, 6.07) is 8.59. The predicted octanol–water partition coefficient (Wildman–Crippen LogP) is 6.45. The monoisotopic (exact) mass is 381 g/mol. The number of unbranched alkanes of at least 4 members (excludes halogenated alkanes) is 13. The summed E-state index contributed by atoms with van der Waals surface area (Å²) in [6.07, 6.45) is 18.4. The van der Waals surface area contributed by atoms with E-state index in [1.807, 2.05) is 6.07 Å². The Bertz CT molecular complexity index is 528. The van der Waals surface area contributed by atoms with E-state index in [2.05, 4.69) is 11.6 Å². The number of benzene rings is 1. The average molecular weight is 382 g/mol. The first-order valence-corrected chi connectivity index (χ1v) is 12.2. The van der Waals surface area contributed by atoms with Crippen molar-refractivity contribution >= 4 is 10.0 Å². The minimum atomic E-state index is -3.33. The van der Waals surface area contributed by atoms with Gasteiger partial charge in [-0.05, 0) is 18.6 Å². The van der Waals surface area contributed by atoms with Crippen molar-refractivity contribution in [1.82, 2.24) is 4.72 Å². The molecule has 3 nitrogen and oxygen atoms in total. The Morgan fingerprint density at radius 2 is 1.08 bits per heavy atom. The Morgan fingerprint density at radius 1 is 0.654 bits per heavy atom. The van der Waals surface area contributed by atoms with E-state index in [0.717, 1.165) is 12.8 Å². The van der Waals surface area contributed by atoms with Gasteiger partial charge in [0.05, 0.1) is 4.90 Å². The van der Waals surface area contributed by atoms with Crippen LogP contribution in [-0.2, 0) is 10.0 Å². The smallest absolute Gasteiger partial charge is 0.211 e. The second-order valence-corrected chi connectivity index (χ2v) is 9.07. The zero-order chi connectivity index (χ0) is 18.9. The molecule has 150 valence electrons. The van der Waals surface area contributed by atoms with Gasteiger partial charge in [0.1, 0.15) is 0 Å². The molecule has 4 heteroatoms. The molecule has 0 atom stereocenters. The minimum Gasteiger partial charge on any atom is -0.211 e. The van der Waals surface area contributed by atoms with E-state index in [1.165, 1.54) is 77.0 Å². The lowest BCUT2D eigenvalue weighted by Gasteiger charge is -2.06. The summed E-state index contributed by atoms with van der Waals surface area (Å²) in [4.78, 5) is 0.352. The van der Waals surface area contributed by atoms with Crippen molar-refractivity contribution < 1.29 is 8.42 Å². The third kappa shape index (κ3) is 11.7. The topological polar surface area (TPSA) is 46.2 Å². The number of hydrogen-bond donors (Lipinski definition) is 1. The summed E-state index contributed by atoms with van der Waals surface area (Å²) in [5.41, 5.74) is 0. The highest BCUT2D eigenvalue weighted by atomic mass is 32.2. The molecule has 0 saturated heterocycles. The molecule has 1 rings (SSSR count). The maximum absolute atomic E-state index is 12.1. The molecule has 0 unspecified atom stereocenters. The first kappa shape index (κ1) is 23.2. The lowest BCUT2D eigenvalue weighted by Crippen LogP contribution is -2.24. The summed E-state index contributed by atoms with van der Waals surface area (Å²) in [5.74, 6) is 0. The van der Waals surface area contributed by atoms with Crippen molar-refractivity contribution in [2.45, 2.75) is 102 Å². The molecule has 0 spiro atoms. The normalized spacial score (nSPS) is 11.7. The van der Waals surface area contributed by atoms with E-state index in [9.17, 15) is 8.42 Å². The molecule has 0 aliphatic heterocycles. The van der Waals surface area contributed by atoms with Crippen LogP contribution >= 0.6 is 0 Å². The molecule has 0 aliphatic rings. The summed E-state index contributed by atoms with van der Waals surface area (Å²) in [5, 5.41) is 0. The van der Waals surface area contributed by atoms with Crippen LogP contribution in [0.15, 0.2) is 35.2 Å². The van der Waals surface area contributed by atoms with E-state index in [-0.39, 0.29) is 0 Å². The van der Waals surface area contributed by atoms with Crippen LogP contribution in [0.25, 0.3) is 0 Å². The van der Waals surface area contributed by atoms with E-state index in [1.54, 1.807) is 24.3 Å². The van der Waals surface area contributed by atoms with Crippen LogP contribution in [0.5, 0.6) is 0 Å². The SMILES string of the molecule is CCCCCCCCCCCCCCCCNS(=O)(=O)c1ccccc1. The van der Waals surface area contributed by atoms with Gasteiger partial charge in [0.2, 0.25) is 10.0 Å². The van der Waals surface area contributed by atoms with Crippen molar-refractivity contribution in [3.63, 3.8) is 0 Å². The second kappa shape index (κ2) is 15.2. The molecule has 0 amide bonds. The molecular formula is C22H39NO2S. The molecule has 0 aromatic heterocycles. The van der Waals surface area contributed by atoms with Gasteiger partial charge in [-0.25, -0.2) is 13.1 Å². The van der Waals surface area contributed by atoms with Crippen LogP contribution in [0.4, 0.5) is 0 Å². The van der Waals surface area contributed by atoms with Crippen LogP contribution in [0.2, 0.25) is 0 Å². The third-order valence-electron chi connectivity index (χ3n) is 4.88. The van der Waals surface area contributed by atoms with Gasteiger partial charge in [-0.1, -0.05) is 109 Å². The highest BCUT2D eigenvalue weighted by Gasteiger charge is 2.11. The lowest BCUT2D eigenvalue weighted by atomic mass is 10.0. The molecule has 0 saturated carbocycles.